The second kappa shape index (κ2) is 34.0. The van der Waals surface area contributed by atoms with Gasteiger partial charge in [-0.05, 0) is 66.6 Å². The first kappa shape index (κ1) is 71.4. The van der Waals surface area contributed by atoms with Crippen LogP contribution in [0.1, 0.15) is 93.4 Å². The van der Waals surface area contributed by atoms with Gasteiger partial charge in [-0.2, -0.15) is 0 Å². The Balaban J connectivity index is 2.12. The topological polar surface area (TPSA) is 320 Å². The van der Waals surface area contributed by atoms with E-state index in [1.807, 2.05) is 48.5 Å². The molecular weight excluding hydrogens is 1090 g/mol. The molecule has 2 rings (SSSR count). The zero-order valence-electron chi connectivity index (χ0n) is 49.2. The zero-order valence-corrected chi connectivity index (χ0v) is 49.2. The third-order valence-electron chi connectivity index (χ3n) is 13.3. The number of amides is 4. The minimum Gasteiger partial charge on any atom is -0.462 e. The van der Waals surface area contributed by atoms with Crippen LogP contribution in [0, 0.1) is 32.5 Å². The summed E-state index contributed by atoms with van der Waals surface area (Å²) in [6.07, 6.45) is 4.84. The van der Waals surface area contributed by atoms with Gasteiger partial charge < -0.3 is 73.4 Å². The Morgan fingerprint density at radius 2 is 0.759 bits per heavy atom. The van der Waals surface area contributed by atoms with Gasteiger partial charge in [-0.15, -0.1) is 0 Å². The van der Waals surface area contributed by atoms with Gasteiger partial charge in [0.25, 0.3) is 0 Å². The number of alkyl carbamates (subject to hydrolysis) is 4. The van der Waals surface area contributed by atoms with Crippen molar-refractivity contribution in [1.82, 2.24) is 21.3 Å². The average Bonchev–Trinajstić information content (AvgIpc) is 3.62. The highest BCUT2D eigenvalue weighted by Gasteiger charge is 2.45. The van der Waals surface area contributed by atoms with E-state index in [-0.39, 0.29) is 37.1 Å². The minimum atomic E-state index is -1.54. The summed E-state index contributed by atoms with van der Waals surface area (Å²) in [5.74, 6) is -5.02. The van der Waals surface area contributed by atoms with Gasteiger partial charge in [-0.25, -0.2) is 47.9 Å². The molecule has 2 aliphatic rings. The quantitative estimate of drug-likeness (QED) is 0.0237. The molecule has 25 nitrogen and oxygen atoms in total. The summed E-state index contributed by atoms with van der Waals surface area (Å²) in [6, 6.07) is -0.863. The van der Waals surface area contributed by atoms with Gasteiger partial charge in [0.1, 0.15) is 70.3 Å². The molecule has 25 heteroatoms. The lowest BCUT2D eigenvalue weighted by Gasteiger charge is -2.46. The molecule has 83 heavy (non-hydrogen) atoms. The van der Waals surface area contributed by atoms with Crippen molar-refractivity contribution in [3.8, 4) is 0 Å². The Bertz CT molecular complexity index is 2210. The average molecular weight is 1180 g/mol. The normalized spacial score (nSPS) is 20.0. The molecule has 0 radical (unpaired) electrons. The second-order valence-corrected chi connectivity index (χ2v) is 23.2. The van der Waals surface area contributed by atoms with Crippen molar-refractivity contribution in [2.24, 2.45) is 32.5 Å². The number of carbonyl (C=O) groups is 10. The van der Waals surface area contributed by atoms with Gasteiger partial charge in [0.05, 0.1) is 6.61 Å². The van der Waals surface area contributed by atoms with Gasteiger partial charge in [-0.1, -0.05) is 87.9 Å². The summed E-state index contributed by atoms with van der Waals surface area (Å²) < 4.78 is 59.5. The van der Waals surface area contributed by atoms with Crippen molar-refractivity contribution in [1.29, 1.82) is 0 Å². The highest BCUT2D eigenvalue weighted by Crippen LogP contribution is 2.47. The van der Waals surface area contributed by atoms with Gasteiger partial charge in [-0.3, -0.25) is 0 Å². The third kappa shape index (κ3) is 27.8. The Morgan fingerprint density at radius 3 is 1.07 bits per heavy atom. The monoisotopic (exact) mass is 1170 g/mol. The van der Waals surface area contributed by atoms with E-state index >= 15 is 0 Å². The molecule has 4 amide bonds. The molecule has 2 aliphatic carbocycles. The Morgan fingerprint density at radius 1 is 0.446 bits per heavy atom. The minimum absolute atomic E-state index is 0.0862. The van der Waals surface area contributed by atoms with Crippen molar-refractivity contribution < 1.29 is 100 Å². The summed E-state index contributed by atoms with van der Waals surface area (Å²) in [5, 5.41) is 11.4. The number of nitrogens with one attached hydrogen (secondary N) is 4. The molecule has 0 bridgehead atoms. The molecule has 0 aromatic rings. The lowest BCUT2D eigenvalue weighted by Crippen LogP contribution is -2.51. The Hall–Kier alpha value is -7.70. The predicted octanol–water partition coefficient (Wildman–Crippen LogP) is 6.20. The van der Waals surface area contributed by atoms with E-state index in [2.05, 4.69) is 60.7 Å². The molecule has 0 spiro atoms. The molecule has 5 unspecified atom stereocenters. The number of ether oxygens (including phenoxy) is 11. The van der Waals surface area contributed by atoms with Crippen LogP contribution in [0.5, 0.6) is 0 Å². The smallest absolute Gasteiger partial charge is 0.407 e. The van der Waals surface area contributed by atoms with Crippen LogP contribution in [0.15, 0.2) is 75.9 Å². The first-order valence-corrected chi connectivity index (χ1v) is 27.0. The number of esters is 6. The van der Waals surface area contributed by atoms with E-state index in [0.29, 0.717) is 51.6 Å². The zero-order chi connectivity index (χ0) is 62.5. The van der Waals surface area contributed by atoms with E-state index in [1.165, 1.54) is 0 Å². The maximum Gasteiger partial charge on any atom is 0.407 e. The van der Waals surface area contributed by atoms with Crippen molar-refractivity contribution in [3.05, 3.63) is 75.9 Å². The standard InChI is InChI=1S/C58H86N4O21/c1-14-21-73-26-42(83-52(72)62-41-23-54(10,11)29-56(13,25-41)31-60-50(70)82-39-58(35-78-46(66)18-5,36-79-47(67)19-6)37-80-48(68)20-7)27-74-51(71)61-40-22-53(8,9)28-55(12,24-40)30-59-49(69)81-38-57(32-75-43(63)15-2,33-76-44(64)16-3)34-77-45(65)17-4/h15-20,40-42H,2-7,14,21-39H2,1,8-13H3,(H,59,69)(H,60,70)(H,61,71)(H,62,72). The molecule has 5 atom stereocenters. The van der Waals surface area contributed by atoms with Crippen LogP contribution in [0.25, 0.3) is 0 Å². The van der Waals surface area contributed by atoms with Crippen molar-refractivity contribution in [3.63, 3.8) is 0 Å². The third-order valence-corrected chi connectivity index (χ3v) is 13.3. The van der Waals surface area contributed by atoms with Crippen LogP contribution >= 0.6 is 0 Å². The number of hydrogen-bond acceptors (Lipinski definition) is 21. The van der Waals surface area contributed by atoms with Crippen molar-refractivity contribution in [2.75, 3.05) is 85.8 Å². The molecule has 464 valence electrons. The number of carbonyl (C=O) groups excluding carboxylic acids is 10. The van der Waals surface area contributed by atoms with Gasteiger partial charge >= 0.3 is 60.2 Å². The van der Waals surface area contributed by atoms with E-state index < -0.39 is 153 Å². The van der Waals surface area contributed by atoms with E-state index in [0.717, 1.165) is 36.5 Å². The SMILES string of the molecule is C=CC(=O)OCC(COC(=O)C=C)(COC(=O)C=C)COC(=O)NCC1(C)CC(NC(=O)OCC(COCCC)OC(=O)NC2CC(C)(C)CC(C)(CNC(=O)OCC(COC(=O)C=C)(COC(=O)C=C)COC(=O)C=C)C2)CC(C)(C)C1. The fourth-order valence-electron chi connectivity index (χ4n) is 10.3. The van der Waals surface area contributed by atoms with Crippen LogP contribution in [-0.2, 0) is 80.9 Å². The number of rotatable bonds is 35. The van der Waals surface area contributed by atoms with E-state index in [1.54, 1.807) is 0 Å². The molecule has 4 N–H and O–H groups in total. The summed E-state index contributed by atoms with van der Waals surface area (Å²) in [7, 11) is 0. The first-order valence-electron chi connectivity index (χ1n) is 27.0. The molecule has 2 saturated carbocycles. The molecular formula is C58H86N4O21. The lowest BCUT2D eigenvalue weighted by molar-refractivity contribution is -0.161. The molecule has 0 aromatic carbocycles. The maximum absolute atomic E-state index is 13.6. The van der Waals surface area contributed by atoms with Gasteiger partial charge in [0, 0.05) is 68.2 Å². The molecule has 2 fully saturated rings. The van der Waals surface area contributed by atoms with Crippen LogP contribution < -0.4 is 21.3 Å². The summed E-state index contributed by atoms with van der Waals surface area (Å²) in [4.78, 5) is 126. The lowest BCUT2D eigenvalue weighted by atomic mass is 9.62. The van der Waals surface area contributed by atoms with Gasteiger partial charge in [0.2, 0.25) is 0 Å². The van der Waals surface area contributed by atoms with Crippen LogP contribution in [0.3, 0.4) is 0 Å². The summed E-state index contributed by atoms with van der Waals surface area (Å²) in [5.41, 5.74) is -4.96. The fourth-order valence-corrected chi connectivity index (χ4v) is 10.3. The second-order valence-electron chi connectivity index (χ2n) is 23.2. The number of hydrogen-bond donors (Lipinski definition) is 4. The maximum atomic E-state index is 13.6. The Kier molecular flexibility index (Phi) is 29.3. The highest BCUT2D eigenvalue weighted by molar-refractivity contribution is 5.83. The van der Waals surface area contributed by atoms with Crippen LogP contribution in [0.4, 0.5) is 19.2 Å². The van der Waals surface area contributed by atoms with Crippen LogP contribution in [-0.4, -0.2) is 164 Å². The summed E-state index contributed by atoms with van der Waals surface area (Å²) in [6.45, 7) is 30.0. The largest absolute Gasteiger partial charge is 0.462 e. The van der Waals surface area contributed by atoms with Crippen molar-refractivity contribution >= 4 is 60.2 Å². The van der Waals surface area contributed by atoms with Gasteiger partial charge in [0.15, 0.2) is 6.10 Å². The molecule has 0 aliphatic heterocycles. The molecule has 0 heterocycles. The highest BCUT2D eigenvalue weighted by atomic mass is 16.6. The Labute approximate surface area is 485 Å². The molecule has 0 aromatic heterocycles. The fraction of sp³-hybridized carbons (Fsp3) is 0.621. The molecule has 0 saturated heterocycles. The predicted molar refractivity (Wildman–Crippen MR) is 299 cm³/mol. The van der Waals surface area contributed by atoms with E-state index in [4.69, 9.17) is 52.1 Å². The van der Waals surface area contributed by atoms with E-state index in [9.17, 15) is 47.9 Å². The van der Waals surface area contributed by atoms with Crippen molar-refractivity contribution in [2.45, 2.75) is 112 Å². The first-order chi connectivity index (χ1) is 38.9. The van der Waals surface area contributed by atoms with Crippen LogP contribution in [0.2, 0.25) is 0 Å². The summed E-state index contributed by atoms with van der Waals surface area (Å²) >= 11 is 0.